The molecule has 2 rings (SSSR count). The third-order valence-electron chi connectivity index (χ3n) is 5.78. The molecule has 1 saturated carbocycles. The lowest BCUT2D eigenvalue weighted by molar-refractivity contribution is -0.139. The Labute approximate surface area is 182 Å². The maximum atomic E-state index is 12.6. The molecule has 8 nitrogen and oxygen atoms in total. The molecular weight excluding hydrogens is 405 g/mol. The number of carbonyl (C=O) groups is 5. The number of rotatable bonds is 11. The highest BCUT2D eigenvalue weighted by Crippen LogP contribution is 2.32. The quantitative estimate of drug-likeness (QED) is 0.273. The summed E-state index contributed by atoms with van der Waals surface area (Å²) < 4.78 is 0. The molecule has 0 radical (unpaired) electrons. The molecule has 2 N–H and O–H groups in total. The average molecular weight is 437 g/mol. The van der Waals surface area contributed by atoms with Gasteiger partial charge in [0.05, 0.1) is 10.9 Å². The van der Waals surface area contributed by atoms with Crippen LogP contribution in [0.2, 0.25) is 6.32 Å². The van der Waals surface area contributed by atoms with E-state index >= 15 is 0 Å². The molecule has 0 aromatic carbocycles. The molecule has 30 heavy (non-hydrogen) atoms. The average Bonchev–Trinajstić information content (AvgIpc) is 2.98. The first-order chi connectivity index (χ1) is 14.3. The second kappa shape index (κ2) is 12.1. The van der Waals surface area contributed by atoms with Gasteiger partial charge < -0.3 is 15.4 Å². The Hall–Kier alpha value is -1.84. The van der Waals surface area contributed by atoms with E-state index in [1.807, 2.05) is 0 Å². The number of hydrogen-bond acceptors (Lipinski definition) is 6. The van der Waals surface area contributed by atoms with Crippen LogP contribution in [0.1, 0.15) is 45.4 Å². The van der Waals surface area contributed by atoms with Crippen LogP contribution in [0.3, 0.4) is 0 Å². The Morgan fingerprint density at radius 3 is 2.50 bits per heavy atom. The summed E-state index contributed by atoms with van der Waals surface area (Å²) in [6.07, 6.45) is 4.37. The van der Waals surface area contributed by atoms with Gasteiger partial charge in [-0.3, -0.25) is 24.1 Å². The van der Waals surface area contributed by atoms with Crippen LogP contribution in [-0.2, 0) is 24.0 Å². The van der Waals surface area contributed by atoms with Crippen molar-refractivity contribution in [3.63, 3.8) is 0 Å². The molecule has 10 heteroatoms. The molecule has 166 valence electrons. The lowest BCUT2D eigenvalue weighted by Crippen LogP contribution is -2.38. The minimum absolute atomic E-state index is 0.0391. The van der Waals surface area contributed by atoms with E-state index in [4.69, 9.17) is 0 Å². The molecule has 1 aliphatic carbocycles. The Morgan fingerprint density at radius 1 is 1.17 bits per heavy atom. The van der Waals surface area contributed by atoms with Crippen molar-refractivity contribution in [3.05, 3.63) is 0 Å². The minimum Gasteiger partial charge on any atom is -0.359 e. The first-order valence-electron chi connectivity index (χ1n) is 10.7. The molecular formula is C20H32BN3O5S. The monoisotopic (exact) mass is 437 g/mol. The van der Waals surface area contributed by atoms with Crippen LogP contribution in [0.25, 0.3) is 0 Å². The molecule has 2 fully saturated rings. The Kier molecular flexibility index (Phi) is 9.87. The van der Waals surface area contributed by atoms with Crippen molar-refractivity contribution in [2.45, 2.75) is 57.0 Å². The lowest BCUT2D eigenvalue weighted by Gasteiger charge is -2.29. The van der Waals surface area contributed by atoms with Crippen molar-refractivity contribution in [3.8, 4) is 0 Å². The molecule has 1 atom stereocenters. The molecule has 0 spiro atoms. The summed E-state index contributed by atoms with van der Waals surface area (Å²) in [5.41, 5.74) is 0.0758. The molecule has 1 heterocycles. The van der Waals surface area contributed by atoms with E-state index < -0.39 is 0 Å². The summed E-state index contributed by atoms with van der Waals surface area (Å²) in [7, 11) is 2.05. The SMILES string of the molecule is CNC(=O)C1CCC(CN2C(=O)CC(SCCNC(=O)CCBC(C)=O)C2=O)CC1. The van der Waals surface area contributed by atoms with Crippen LogP contribution in [0.4, 0.5) is 0 Å². The van der Waals surface area contributed by atoms with Gasteiger partial charge in [-0.05, 0) is 38.5 Å². The summed E-state index contributed by atoms with van der Waals surface area (Å²) in [5, 5.41) is 5.10. The number of thioether (sulfide) groups is 1. The third-order valence-corrected chi connectivity index (χ3v) is 6.99. The van der Waals surface area contributed by atoms with Gasteiger partial charge in [0.2, 0.25) is 30.9 Å². The molecule has 0 aromatic rings. The Morgan fingerprint density at radius 2 is 1.87 bits per heavy atom. The summed E-state index contributed by atoms with van der Waals surface area (Å²) >= 11 is 1.41. The van der Waals surface area contributed by atoms with Gasteiger partial charge in [-0.15, -0.1) is 11.8 Å². The van der Waals surface area contributed by atoms with Gasteiger partial charge >= 0.3 is 0 Å². The van der Waals surface area contributed by atoms with Crippen molar-refractivity contribution in [2.24, 2.45) is 11.8 Å². The van der Waals surface area contributed by atoms with Gasteiger partial charge in [-0.25, -0.2) is 0 Å². The third kappa shape index (κ3) is 7.45. The number of carbonyl (C=O) groups excluding carboxylic acids is 5. The van der Waals surface area contributed by atoms with Crippen LogP contribution in [0.5, 0.6) is 0 Å². The maximum absolute atomic E-state index is 12.6. The predicted molar refractivity (Wildman–Crippen MR) is 117 cm³/mol. The smallest absolute Gasteiger partial charge is 0.242 e. The van der Waals surface area contributed by atoms with Crippen LogP contribution in [0, 0.1) is 11.8 Å². The largest absolute Gasteiger partial charge is 0.359 e. The van der Waals surface area contributed by atoms with Gasteiger partial charge in [-0.1, -0.05) is 6.32 Å². The molecule has 0 bridgehead atoms. The molecule has 0 aromatic heterocycles. The first kappa shape index (κ1) is 24.4. The van der Waals surface area contributed by atoms with E-state index in [1.54, 1.807) is 7.05 Å². The standard InChI is InChI=1S/C20H32BN3O5S/c1-13(25)21-8-7-17(26)23-9-10-30-16-11-18(27)24(20(16)29)12-14-3-5-15(6-4-14)19(28)22-2/h14-16,21H,3-12H2,1-2H3,(H,22,28)(H,23,26). The number of imide groups is 1. The summed E-state index contributed by atoms with van der Waals surface area (Å²) in [4.78, 5) is 60.7. The molecule has 1 unspecified atom stereocenters. The van der Waals surface area contributed by atoms with Crippen LogP contribution in [0.15, 0.2) is 0 Å². The van der Waals surface area contributed by atoms with Crippen molar-refractivity contribution in [1.82, 2.24) is 15.5 Å². The van der Waals surface area contributed by atoms with Gasteiger partial charge in [-0.2, -0.15) is 0 Å². The molecule has 1 aliphatic heterocycles. The van der Waals surface area contributed by atoms with Crippen molar-refractivity contribution < 1.29 is 24.0 Å². The van der Waals surface area contributed by atoms with E-state index in [0.717, 1.165) is 25.7 Å². The van der Waals surface area contributed by atoms with Crippen molar-refractivity contribution in [1.29, 1.82) is 0 Å². The number of nitrogens with one attached hydrogen (secondary N) is 2. The fourth-order valence-corrected chi connectivity index (χ4v) is 5.06. The normalized spacial score (nSPS) is 23.9. The number of amides is 4. The van der Waals surface area contributed by atoms with E-state index in [2.05, 4.69) is 10.6 Å². The van der Waals surface area contributed by atoms with Crippen LogP contribution < -0.4 is 10.6 Å². The highest BCUT2D eigenvalue weighted by molar-refractivity contribution is 8.00. The number of likely N-dealkylation sites (tertiary alicyclic amines) is 1. The zero-order valence-electron chi connectivity index (χ0n) is 17.9. The van der Waals surface area contributed by atoms with Gasteiger partial charge in [0.15, 0.2) is 0 Å². The zero-order chi connectivity index (χ0) is 22.1. The van der Waals surface area contributed by atoms with Gasteiger partial charge in [0.25, 0.3) is 0 Å². The minimum atomic E-state index is -0.380. The lowest BCUT2D eigenvalue weighted by atomic mass is 9.69. The highest BCUT2D eigenvalue weighted by Gasteiger charge is 2.40. The summed E-state index contributed by atoms with van der Waals surface area (Å²) in [5.74, 6) is 0.580. The fraction of sp³-hybridized carbons (Fsp3) is 0.750. The van der Waals surface area contributed by atoms with Gasteiger partial charge in [0, 0.05) is 44.6 Å². The molecule has 1 saturated heterocycles. The predicted octanol–water partition coefficient (Wildman–Crippen LogP) is 0.307. The highest BCUT2D eigenvalue weighted by atomic mass is 32.2. The molecule has 4 amide bonds. The molecule has 2 aliphatic rings. The Balaban J connectivity index is 1.66. The Bertz CT molecular complexity index is 667. The second-order valence-corrected chi connectivity index (χ2v) is 9.45. The van der Waals surface area contributed by atoms with E-state index in [1.165, 1.54) is 23.6 Å². The maximum Gasteiger partial charge on any atom is 0.242 e. The summed E-state index contributed by atoms with van der Waals surface area (Å²) in [6.45, 7) is 2.39. The van der Waals surface area contributed by atoms with Gasteiger partial charge in [0.1, 0.15) is 0 Å². The van der Waals surface area contributed by atoms with E-state index in [9.17, 15) is 24.0 Å². The fourth-order valence-electron chi connectivity index (χ4n) is 4.02. The second-order valence-electron chi connectivity index (χ2n) is 8.14. The van der Waals surface area contributed by atoms with Crippen LogP contribution in [-0.4, -0.2) is 72.6 Å². The number of nitrogens with zero attached hydrogens (tertiary/aromatic N) is 1. The van der Waals surface area contributed by atoms with E-state index in [-0.39, 0.29) is 52.8 Å². The van der Waals surface area contributed by atoms with Crippen LogP contribution >= 0.6 is 11.8 Å². The zero-order valence-corrected chi connectivity index (χ0v) is 18.7. The van der Waals surface area contributed by atoms with Crippen molar-refractivity contribution >= 4 is 48.4 Å². The summed E-state index contributed by atoms with van der Waals surface area (Å²) in [6, 6.07) is 0. The topological polar surface area (TPSA) is 113 Å². The van der Waals surface area contributed by atoms with Crippen molar-refractivity contribution in [2.75, 3.05) is 25.9 Å². The first-order valence-corrected chi connectivity index (χ1v) is 11.8. The van der Waals surface area contributed by atoms with E-state index in [0.29, 0.717) is 38.9 Å². The number of hydrogen-bond donors (Lipinski definition) is 2.